The van der Waals surface area contributed by atoms with Gasteiger partial charge >= 0.3 is 0 Å². The quantitative estimate of drug-likeness (QED) is 0.361. The van der Waals surface area contributed by atoms with E-state index in [0.29, 0.717) is 24.8 Å². The molecule has 0 radical (unpaired) electrons. The highest BCUT2D eigenvalue weighted by Crippen LogP contribution is 2.23. The number of ether oxygens (including phenoxy) is 2. The minimum Gasteiger partial charge on any atom is -0.494 e. The Bertz CT molecular complexity index is 972. The minimum absolute atomic E-state index is 0.522. The lowest BCUT2D eigenvalue weighted by molar-refractivity contribution is 0.339. The van der Waals surface area contributed by atoms with E-state index in [0.717, 1.165) is 41.8 Å². The molecule has 0 bridgehead atoms. The molecule has 0 amide bonds. The third-order valence-electron chi connectivity index (χ3n) is 4.22. The van der Waals surface area contributed by atoms with E-state index < -0.39 is 0 Å². The van der Waals surface area contributed by atoms with Crippen molar-refractivity contribution < 1.29 is 9.47 Å². The SMILES string of the molecule is CCNC(=NCc1ccnc(Oc2ccc(OCC)cc2)c1)NCCc1ncc(C)s1. The molecular formula is C23H29N5O2S. The van der Waals surface area contributed by atoms with Gasteiger partial charge in [0.2, 0.25) is 5.88 Å². The summed E-state index contributed by atoms with van der Waals surface area (Å²) >= 11 is 1.73. The number of guanidine groups is 1. The highest BCUT2D eigenvalue weighted by molar-refractivity contribution is 7.11. The maximum absolute atomic E-state index is 5.87. The smallest absolute Gasteiger partial charge is 0.219 e. The third-order valence-corrected chi connectivity index (χ3v) is 5.19. The standard InChI is InChI=1S/C23H29N5O2S/c1-4-24-23(26-13-11-22-27-15-17(3)31-22)28-16-18-10-12-25-21(14-18)30-20-8-6-19(7-9-20)29-5-2/h6-10,12,14-15H,4-5,11,13,16H2,1-3H3,(H2,24,26,28). The fourth-order valence-corrected chi connectivity index (χ4v) is 3.60. The number of hydrogen-bond acceptors (Lipinski definition) is 6. The van der Waals surface area contributed by atoms with Crippen molar-refractivity contribution in [1.29, 1.82) is 0 Å². The zero-order valence-electron chi connectivity index (χ0n) is 18.2. The van der Waals surface area contributed by atoms with Crippen LogP contribution in [-0.4, -0.2) is 35.6 Å². The molecule has 0 saturated carbocycles. The summed E-state index contributed by atoms with van der Waals surface area (Å²) in [5.41, 5.74) is 1.02. The van der Waals surface area contributed by atoms with E-state index in [1.54, 1.807) is 17.5 Å². The van der Waals surface area contributed by atoms with Crippen LogP contribution in [0.1, 0.15) is 29.3 Å². The Balaban J connectivity index is 1.56. The van der Waals surface area contributed by atoms with Crippen LogP contribution in [0.2, 0.25) is 0 Å². The van der Waals surface area contributed by atoms with Crippen molar-refractivity contribution in [3.8, 4) is 17.4 Å². The molecule has 2 aromatic heterocycles. The predicted molar refractivity (Wildman–Crippen MR) is 125 cm³/mol. The van der Waals surface area contributed by atoms with E-state index in [-0.39, 0.29) is 0 Å². The van der Waals surface area contributed by atoms with Gasteiger partial charge in [-0.1, -0.05) is 0 Å². The highest BCUT2D eigenvalue weighted by Gasteiger charge is 2.04. The molecule has 0 aliphatic carbocycles. The Labute approximate surface area is 187 Å². The van der Waals surface area contributed by atoms with E-state index in [1.807, 2.05) is 49.5 Å². The van der Waals surface area contributed by atoms with Crippen molar-refractivity contribution in [1.82, 2.24) is 20.6 Å². The second-order valence-corrected chi connectivity index (χ2v) is 8.06. The zero-order chi connectivity index (χ0) is 21.9. The number of nitrogens with zero attached hydrogens (tertiary/aromatic N) is 3. The van der Waals surface area contributed by atoms with E-state index in [4.69, 9.17) is 9.47 Å². The summed E-state index contributed by atoms with van der Waals surface area (Å²) in [7, 11) is 0. The van der Waals surface area contributed by atoms with Crippen LogP contribution in [0.15, 0.2) is 53.8 Å². The minimum atomic E-state index is 0.522. The Morgan fingerprint density at radius 1 is 1.06 bits per heavy atom. The van der Waals surface area contributed by atoms with Crippen LogP contribution in [0.5, 0.6) is 17.4 Å². The number of aromatic nitrogens is 2. The molecule has 0 spiro atoms. The van der Waals surface area contributed by atoms with E-state index in [1.165, 1.54) is 4.88 Å². The normalized spacial score (nSPS) is 11.3. The molecule has 0 atom stereocenters. The first-order valence-corrected chi connectivity index (χ1v) is 11.3. The lowest BCUT2D eigenvalue weighted by Gasteiger charge is -2.11. The Hall–Kier alpha value is -3.13. The third kappa shape index (κ3) is 7.57. The molecule has 31 heavy (non-hydrogen) atoms. The van der Waals surface area contributed by atoms with E-state index >= 15 is 0 Å². The highest BCUT2D eigenvalue weighted by atomic mass is 32.1. The Morgan fingerprint density at radius 3 is 2.58 bits per heavy atom. The Kier molecular flexibility index (Phi) is 8.66. The molecule has 0 fully saturated rings. The lowest BCUT2D eigenvalue weighted by Crippen LogP contribution is -2.38. The van der Waals surface area contributed by atoms with Crippen molar-refractivity contribution in [2.24, 2.45) is 4.99 Å². The molecule has 0 unspecified atom stereocenters. The van der Waals surface area contributed by atoms with Crippen LogP contribution in [0.3, 0.4) is 0 Å². The summed E-state index contributed by atoms with van der Waals surface area (Å²) in [5.74, 6) is 2.85. The molecular weight excluding hydrogens is 410 g/mol. The molecule has 0 saturated heterocycles. The van der Waals surface area contributed by atoms with Gasteiger partial charge in [0.15, 0.2) is 5.96 Å². The molecule has 1 aromatic carbocycles. The number of rotatable bonds is 10. The fraction of sp³-hybridized carbons (Fsp3) is 0.348. The number of thiazole rings is 1. The van der Waals surface area contributed by atoms with E-state index in [2.05, 4.69) is 39.4 Å². The largest absolute Gasteiger partial charge is 0.494 e. The molecule has 0 aliphatic heterocycles. The second kappa shape index (κ2) is 11.9. The first-order chi connectivity index (χ1) is 15.2. The van der Waals surface area contributed by atoms with Gasteiger partial charge in [0, 0.05) is 42.8 Å². The van der Waals surface area contributed by atoms with Crippen molar-refractivity contribution >= 4 is 17.3 Å². The van der Waals surface area contributed by atoms with Gasteiger partial charge in [-0.05, 0) is 56.7 Å². The van der Waals surface area contributed by atoms with Crippen LogP contribution < -0.4 is 20.1 Å². The summed E-state index contributed by atoms with van der Waals surface area (Å²) < 4.78 is 11.3. The van der Waals surface area contributed by atoms with Gasteiger partial charge in [-0.15, -0.1) is 11.3 Å². The monoisotopic (exact) mass is 439 g/mol. The zero-order valence-corrected chi connectivity index (χ0v) is 19.0. The molecule has 0 aliphatic rings. The average molecular weight is 440 g/mol. The maximum atomic E-state index is 5.87. The van der Waals surface area contributed by atoms with Gasteiger partial charge < -0.3 is 20.1 Å². The number of aryl methyl sites for hydroxylation is 1. The number of pyridine rings is 1. The predicted octanol–water partition coefficient (Wildman–Crippen LogP) is 4.34. The topological polar surface area (TPSA) is 80.7 Å². The number of hydrogen-bond donors (Lipinski definition) is 2. The van der Waals surface area contributed by atoms with Gasteiger partial charge in [-0.2, -0.15) is 0 Å². The van der Waals surface area contributed by atoms with Gasteiger partial charge in [0.1, 0.15) is 11.5 Å². The summed E-state index contributed by atoms with van der Waals surface area (Å²) in [6, 6.07) is 11.4. The summed E-state index contributed by atoms with van der Waals surface area (Å²) in [4.78, 5) is 14.6. The molecule has 7 nitrogen and oxygen atoms in total. The molecule has 3 rings (SSSR count). The number of benzene rings is 1. The van der Waals surface area contributed by atoms with Gasteiger partial charge in [0.25, 0.3) is 0 Å². The number of aliphatic imine (C=N–C) groups is 1. The van der Waals surface area contributed by atoms with Crippen molar-refractivity contribution in [2.45, 2.75) is 33.7 Å². The van der Waals surface area contributed by atoms with E-state index in [9.17, 15) is 0 Å². The lowest BCUT2D eigenvalue weighted by atomic mass is 10.2. The van der Waals surface area contributed by atoms with Gasteiger partial charge in [0.05, 0.1) is 18.2 Å². The van der Waals surface area contributed by atoms with Gasteiger partial charge in [-0.3, -0.25) is 0 Å². The van der Waals surface area contributed by atoms with Crippen LogP contribution in [-0.2, 0) is 13.0 Å². The summed E-state index contributed by atoms with van der Waals surface area (Å²) in [6.45, 7) is 8.82. The second-order valence-electron chi connectivity index (χ2n) is 6.75. The molecule has 2 heterocycles. The number of nitrogens with one attached hydrogen (secondary N) is 2. The maximum Gasteiger partial charge on any atom is 0.219 e. The van der Waals surface area contributed by atoms with Crippen molar-refractivity contribution in [3.63, 3.8) is 0 Å². The molecule has 3 aromatic rings. The summed E-state index contributed by atoms with van der Waals surface area (Å²) in [5, 5.41) is 7.77. The average Bonchev–Trinajstić information content (AvgIpc) is 3.19. The Morgan fingerprint density at radius 2 is 1.87 bits per heavy atom. The molecule has 2 N–H and O–H groups in total. The fourth-order valence-electron chi connectivity index (χ4n) is 2.81. The van der Waals surface area contributed by atoms with Crippen molar-refractivity contribution in [2.75, 3.05) is 19.7 Å². The van der Waals surface area contributed by atoms with Crippen molar-refractivity contribution in [3.05, 3.63) is 64.2 Å². The van der Waals surface area contributed by atoms with Crippen LogP contribution in [0.25, 0.3) is 0 Å². The molecule has 8 heteroatoms. The first kappa shape index (κ1) is 22.6. The van der Waals surface area contributed by atoms with Crippen LogP contribution >= 0.6 is 11.3 Å². The molecule has 164 valence electrons. The van der Waals surface area contributed by atoms with Crippen LogP contribution in [0, 0.1) is 6.92 Å². The summed E-state index contributed by atoms with van der Waals surface area (Å²) in [6.07, 6.45) is 4.52. The van der Waals surface area contributed by atoms with Crippen LogP contribution in [0.4, 0.5) is 0 Å². The van der Waals surface area contributed by atoms with Gasteiger partial charge in [-0.25, -0.2) is 15.0 Å². The first-order valence-electron chi connectivity index (χ1n) is 10.5.